The van der Waals surface area contributed by atoms with Gasteiger partial charge in [-0.3, -0.25) is 19.7 Å². The number of nitrogens with zero attached hydrogens (tertiary/aromatic N) is 3. The van der Waals surface area contributed by atoms with E-state index in [4.69, 9.17) is 0 Å². The molecule has 144 valence electrons. The SMILES string of the molecule is C[C@H]1CC(O)(c2cc3c(cc2F)c(N2CCC(=O)NC2=O)nn3C)CCN1. The fourth-order valence-electron chi connectivity index (χ4n) is 4.03. The van der Waals surface area contributed by atoms with Gasteiger partial charge in [0.25, 0.3) is 0 Å². The molecule has 0 bridgehead atoms. The number of hydrogen-bond acceptors (Lipinski definition) is 5. The third kappa shape index (κ3) is 2.96. The van der Waals surface area contributed by atoms with Crippen LogP contribution in [-0.2, 0) is 17.4 Å². The summed E-state index contributed by atoms with van der Waals surface area (Å²) in [5, 5.41) is 21.4. The van der Waals surface area contributed by atoms with Gasteiger partial charge in [-0.05, 0) is 38.4 Å². The topological polar surface area (TPSA) is 99.5 Å². The average molecular weight is 375 g/mol. The molecule has 2 saturated heterocycles. The lowest BCUT2D eigenvalue weighted by Crippen LogP contribution is -2.49. The number of piperidine rings is 1. The zero-order chi connectivity index (χ0) is 19.3. The van der Waals surface area contributed by atoms with Crippen LogP contribution in [0.5, 0.6) is 0 Å². The quantitative estimate of drug-likeness (QED) is 0.731. The minimum Gasteiger partial charge on any atom is -0.385 e. The van der Waals surface area contributed by atoms with Crippen LogP contribution >= 0.6 is 0 Å². The van der Waals surface area contributed by atoms with E-state index >= 15 is 4.39 Å². The number of nitrogens with one attached hydrogen (secondary N) is 2. The van der Waals surface area contributed by atoms with Crippen molar-refractivity contribution in [3.63, 3.8) is 0 Å². The average Bonchev–Trinajstić information content (AvgIpc) is 2.89. The van der Waals surface area contributed by atoms with Crippen LogP contribution in [0.2, 0.25) is 0 Å². The van der Waals surface area contributed by atoms with E-state index in [1.807, 2.05) is 6.92 Å². The first-order valence-electron chi connectivity index (χ1n) is 9.02. The van der Waals surface area contributed by atoms with Crippen LogP contribution in [0, 0.1) is 5.82 Å². The van der Waals surface area contributed by atoms with Crippen molar-refractivity contribution in [2.75, 3.05) is 18.0 Å². The Hall–Kier alpha value is -2.52. The molecule has 2 fully saturated rings. The molecule has 2 aliphatic heterocycles. The minimum absolute atomic E-state index is 0.0792. The summed E-state index contributed by atoms with van der Waals surface area (Å²) in [6.45, 7) is 2.75. The first-order valence-corrected chi connectivity index (χ1v) is 9.02. The van der Waals surface area contributed by atoms with Gasteiger partial charge in [0.1, 0.15) is 5.82 Å². The van der Waals surface area contributed by atoms with E-state index in [1.54, 1.807) is 17.8 Å². The van der Waals surface area contributed by atoms with Gasteiger partial charge in [-0.1, -0.05) is 0 Å². The molecule has 1 aromatic carbocycles. The van der Waals surface area contributed by atoms with Crippen molar-refractivity contribution in [1.82, 2.24) is 20.4 Å². The number of benzene rings is 1. The summed E-state index contributed by atoms with van der Waals surface area (Å²) in [5.74, 6) is -0.567. The Morgan fingerprint density at radius 1 is 1.37 bits per heavy atom. The lowest BCUT2D eigenvalue weighted by atomic mass is 9.81. The highest BCUT2D eigenvalue weighted by atomic mass is 19.1. The molecule has 3 N–H and O–H groups in total. The smallest absolute Gasteiger partial charge is 0.329 e. The number of fused-ring (bicyclic) bond motifs is 1. The first-order chi connectivity index (χ1) is 12.8. The van der Waals surface area contributed by atoms with Crippen molar-refractivity contribution < 1.29 is 19.1 Å². The Balaban J connectivity index is 1.79. The van der Waals surface area contributed by atoms with Crippen LogP contribution in [-0.4, -0.2) is 46.0 Å². The van der Waals surface area contributed by atoms with E-state index in [0.717, 1.165) is 0 Å². The molecule has 1 aromatic heterocycles. The van der Waals surface area contributed by atoms with Crippen LogP contribution in [0.15, 0.2) is 12.1 Å². The van der Waals surface area contributed by atoms with Gasteiger partial charge >= 0.3 is 6.03 Å². The Morgan fingerprint density at radius 3 is 2.85 bits per heavy atom. The fourth-order valence-corrected chi connectivity index (χ4v) is 4.03. The molecule has 4 rings (SSSR count). The zero-order valence-corrected chi connectivity index (χ0v) is 15.3. The molecule has 2 aromatic rings. The number of imide groups is 1. The highest BCUT2D eigenvalue weighted by Crippen LogP contribution is 2.38. The Bertz CT molecular complexity index is 943. The van der Waals surface area contributed by atoms with E-state index in [-0.39, 0.29) is 30.5 Å². The number of carbonyl (C=O) groups is 2. The van der Waals surface area contributed by atoms with Crippen molar-refractivity contribution in [2.45, 2.75) is 37.8 Å². The summed E-state index contributed by atoms with van der Waals surface area (Å²) in [4.78, 5) is 24.9. The molecular weight excluding hydrogens is 353 g/mol. The molecule has 0 aliphatic carbocycles. The highest BCUT2D eigenvalue weighted by Gasteiger charge is 2.37. The van der Waals surface area contributed by atoms with Gasteiger partial charge in [-0.2, -0.15) is 5.10 Å². The molecule has 2 atom stereocenters. The predicted molar refractivity (Wildman–Crippen MR) is 96.8 cm³/mol. The number of hydrogen-bond donors (Lipinski definition) is 3. The number of amides is 3. The second-order valence-corrected chi connectivity index (χ2v) is 7.39. The highest BCUT2D eigenvalue weighted by molar-refractivity contribution is 6.08. The monoisotopic (exact) mass is 375 g/mol. The van der Waals surface area contributed by atoms with Gasteiger partial charge < -0.3 is 10.4 Å². The van der Waals surface area contributed by atoms with Crippen LogP contribution in [0.1, 0.15) is 31.7 Å². The predicted octanol–water partition coefficient (Wildman–Crippen LogP) is 1.12. The Labute approximate surface area is 155 Å². The normalized spacial score (nSPS) is 26.5. The van der Waals surface area contributed by atoms with E-state index in [2.05, 4.69) is 15.7 Å². The second kappa shape index (κ2) is 6.28. The van der Waals surface area contributed by atoms with E-state index in [9.17, 15) is 14.7 Å². The minimum atomic E-state index is -1.25. The second-order valence-electron chi connectivity index (χ2n) is 7.39. The summed E-state index contributed by atoms with van der Waals surface area (Å²) >= 11 is 0. The molecule has 1 unspecified atom stereocenters. The third-order valence-corrected chi connectivity index (χ3v) is 5.41. The summed E-state index contributed by atoms with van der Waals surface area (Å²) in [5.41, 5.74) is -0.385. The number of aromatic nitrogens is 2. The molecule has 27 heavy (non-hydrogen) atoms. The van der Waals surface area contributed by atoms with Gasteiger partial charge in [-0.25, -0.2) is 9.18 Å². The van der Waals surface area contributed by atoms with E-state index in [1.165, 1.54) is 11.0 Å². The van der Waals surface area contributed by atoms with Gasteiger partial charge in [0.05, 0.1) is 11.1 Å². The van der Waals surface area contributed by atoms with Crippen LogP contribution < -0.4 is 15.5 Å². The van der Waals surface area contributed by atoms with Crippen molar-refractivity contribution in [3.05, 3.63) is 23.5 Å². The number of aliphatic hydroxyl groups is 1. The van der Waals surface area contributed by atoms with Gasteiger partial charge in [0, 0.05) is 37.0 Å². The Morgan fingerprint density at radius 2 is 2.15 bits per heavy atom. The molecule has 9 heteroatoms. The van der Waals surface area contributed by atoms with Gasteiger partial charge in [0.15, 0.2) is 5.82 Å². The largest absolute Gasteiger partial charge is 0.385 e. The molecule has 3 heterocycles. The van der Waals surface area contributed by atoms with Crippen molar-refractivity contribution in [1.29, 1.82) is 0 Å². The number of halogens is 1. The summed E-state index contributed by atoms with van der Waals surface area (Å²) < 4.78 is 16.6. The molecule has 3 amide bonds. The maximum atomic E-state index is 15.0. The van der Waals surface area contributed by atoms with Crippen molar-refractivity contribution in [2.24, 2.45) is 7.05 Å². The molecular formula is C18H22FN5O3. The number of rotatable bonds is 2. The van der Waals surface area contributed by atoms with Crippen molar-refractivity contribution in [3.8, 4) is 0 Å². The summed E-state index contributed by atoms with van der Waals surface area (Å²) in [6.07, 6.45) is 0.993. The lowest BCUT2D eigenvalue weighted by molar-refractivity contribution is -0.120. The molecule has 8 nitrogen and oxygen atoms in total. The molecule has 0 saturated carbocycles. The summed E-state index contributed by atoms with van der Waals surface area (Å²) in [6, 6.07) is 2.45. The fraction of sp³-hybridized carbons (Fsp3) is 0.500. The number of carbonyl (C=O) groups excluding carboxylic acids is 2. The molecule has 0 spiro atoms. The van der Waals surface area contributed by atoms with Gasteiger partial charge in [-0.15, -0.1) is 0 Å². The van der Waals surface area contributed by atoms with Crippen LogP contribution in [0.3, 0.4) is 0 Å². The lowest BCUT2D eigenvalue weighted by Gasteiger charge is -2.36. The molecule has 0 radical (unpaired) electrons. The standard InChI is InChI=1S/C18H22FN5O3/c1-10-9-18(27,4-5-20-10)12-8-14-11(7-13(12)19)16(22-23(14)2)24-6-3-15(25)21-17(24)26/h7-8,10,20,27H,3-6,9H2,1-2H3,(H,21,25,26)/t10-,18?/m0/s1. The zero-order valence-electron chi connectivity index (χ0n) is 15.3. The number of urea groups is 1. The Kier molecular flexibility index (Phi) is 4.15. The molecule has 2 aliphatic rings. The maximum absolute atomic E-state index is 15.0. The van der Waals surface area contributed by atoms with E-state index < -0.39 is 17.4 Å². The summed E-state index contributed by atoms with van der Waals surface area (Å²) in [7, 11) is 1.70. The van der Waals surface area contributed by atoms with Crippen LogP contribution in [0.4, 0.5) is 15.0 Å². The van der Waals surface area contributed by atoms with Gasteiger partial charge in [0.2, 0.25) is 5.91 Å². The van der Waals surface area contributed by atoms with Crippen LogP contribution in [0.25, 0.3) is 10.9 Å². The number of aryl methyl sites for hydroxylation is 1. The number of anilines is 1. The van der Waals surface area contributed by atoms with E-state index in [0.29, 0.717) is 36.1 Å². The first kappa shape index (κ1) is 17.9. The maximum Gasteiger partial charge on any atom is 0.329 e. The van der Waals surface area contributed by atoms with Crippen molar-refractivity contribution >= 4 is 28.7 Å². The third-order valence-electron chi connectivity index (χ3n) is 5.41.